The van der Waals surface area contributed by atoms with Gasteiger partial charge in [0.25, 0.3) is 0 Å². The average Bonchev–Trinajstić information content (AvgIpc) is 2.92. The Morgan fingerprint density at radius 1 is 1.15 bits per heavy atom. The van der Waals surface area contributed by atoms with Crippen LogP contribution in [-0.4, -0.2) is 14.8 Å². The number of rotatable bonds is 2. The molecule has 0 aliphatic rings. The number of nitrogens with two attached hydrogens (primary N) is 1. The van der Waals surface area contributed by atoms with Crippen molar-refractivity contribution in [3.05, 3.63) is 59.0 Å². The van der Waals surface area contributed by atoms with E-state index in [1.165, 1.54) is 0 Å². The van der Waals surface area contributed by atoms with Crippen LogP contribution < -0.4 is 5.73 Å². The summed E-state index contributed by atoms with van der Waals surface area (Å²) in [5.41, 5.74) is 9.73. The van der Waals surface area contributed by atoms with Crippen LogP contribution in [0.15, 0.2) is 53.4 Å². The van der Waals surface area contributed by atoms with Gasteiger partial charge in [-0.15, -0.1) is 0 Å². The smallest absolute Gasteiger partial charge is 0.153 e. The fraction of sp³-hybridized carbons (Fsp3) is 0.0667. The van der Waals surface area contributed by atoms with Gasteiger partial charge in [-0.1, -0.05) is 12.1 Å². The number of halogens is 1. The van der Waals surface area contributed by atoms with Gasteiger partial charge in [0.05, 0.1) is 6.20 Å². The van der Waals surface area contributed by atoms with Crippen LogP contribution in [0.25, 0.3) is 16.9 Å². The largest absolute Gasteiger partial charge is 0.399 e. The molecule has 3 rings (SSSR count). The first-order valence-corrected chi connectivity index (χ1v) is 6.96. The monoisotopic (exact) mass is 328 g/mol. The van der Waals surface area contributed by atoms with Crippen LogP contribution in [0.5, 0.6) is 0 Å². The second kappa shape index (κ2) is 5.09. The molecule has 100 valence electrons. The van der Waals surface area contributed by atoms with E-state index in [9.17, 15) is 0 Å². The molecule has 2 heterocycles. The molecule has 4 nitrogen and oxygen atoms in total. The maximum Gasteiger partial charge on any atom is 0.153 e. The number of nitrogens with zero attached hydrogens (tertiary/aromatic N) is 3. The molecule has 0 fully saturated rings. The molecule has 0 unspecified atom stereocenters. The topological polar surface area (TPSA) is 56.7 Å². The molecular formula is C15H13BrN4. The molecule has 0 spiro atoms. The second-order valence-corrected chi connectivity index (χ2v) is 5.45. The normalized spacial score (nSPS) is 10.7. The fourth-order valence-corrected chi connectivity index (χ4v) is 2.18. The van der Waals surface area contributed by atoms with Gasteiger partial charge in [0.15, 0.2) is 5.82 Å². The Hall–Kier alpha value is -2.14. The number of pyridine rings is 1. The van der Waals surface area contributed by atoms with Crippen molar-refractivity contribution in [2.24, 2.45) is 0 Å². The summed E-state index contributed by atoms with van der Waals surface area (Å²) in [6, 6.07) is 9.73. The summed E-state index contributed by atoms with van der Waals surface area (Å²) in [7, 11) is 0. The van der Waals surface area contributed by atoms with E-state index < -0.39 is 0 Å². The molecule has 0 saturated heterocycles. The van der Waals surface area contributed by atoms with Crippen molar-refractivity contribution < 1.29 is 0 Å². The van der Waals surface area contributed by atoms with E-state index in [1.54, 1.807) is 10.9 Å². The van der Waals surface area contributed by atoms with Gasteiger partial charge in [-0.25, -0.2) is 9.67 Å². The SMILES string of the molecule is Cc1cc(-n2cc(-c3cccc(N)c3)cn2)ncc1Br. The molecule has 0 amide bonds. The molecule has 0 aliphatic heterocycles. The molecule has 0 atom stereocenters. The van der Waals surface area contributed by atoms with Crippen LogP contribution in [0, 0.1) is 6.92 Å². The number of aromatic nitrogens is 3. The molecule has 3 aromatic rings. The number of benzene rings is 1. The minimum atomic E-state index is 0.743. The average molecular weight is 329 g/mol. The number of anilines is 1. The summed E-state index contributed by atoms with van der Waals surface area (Å²) in [5.74, 6) is 0.792. The van der Waals surface area contributed by atoms with Gasteiger partial charge in [-0.3, -0.25) is 0 Å². The summed E-state index contributed by atoms with van der Waals surface area (Å²) in [6.45, 7) is 2.03. The van der Waals surface area contributed by atoms with Gasteiger partial charge in [0.2, 0.25) is 0 Å². The molecule has 1 aromatic carbocycles. The lowest BCUT2D eigenvalue weighted by Gasteiger charge is -2.03. The Balaban J connectivity index is 1.99. The van der Waals surface area contributed by atoms with E-state index >= 15 is 0 Å². The van der Waals surface area contributed by atoms with E-state index in [1.807, 2.05) is 49.6 Å². The molecular weight excluding hydrogens is 316 g/mol. The molecule has 5 heteroatoms. The predicted molar refractivity (Wildman–Crippen MR) is 83.6 cm³/mol. The van der Waals surface area contributed by atoms with E-state index in [0.29, 0.717) is 0 Å². The van der Waals surface area contributed by atoms with Gasteiger partial charge in [0, 0.05) is 28.1 Å². The summed E-state index contributed by atoms with van der Waals surface area (Å²) in [4.78, 5) is 4.36. The van der Waals surface area contributed by atoms with Gasteiger partial charge in [0.1, 0.15) is 0 Å². The Bertz CT molecular complexity index is 764. The van der Waals surface area contributed by atoms with Crippen LogP contribution in [0.3, 0.4) is 0 Å². The first-order valence-electron chi connectivity index (χ1n) is 6.16. The van der Waals surface area contributed by atoms with E-state index in [-0.39, 0.29) is 0 Å². The first-order chi connectivity index (χ1) is 9.63. The highest BCUT2D eigenvalue weighted by atomic mass is 79.9. The van der Waals surface area contributed by atoms with Crippen LogP contribution in [0.1, 0.15) is 5.56 Å². The molecule has 0 saturated carbocycles. The van der Waals surface area contributed by atoms with Crippen molar-refractivity contribution in [2.75, 3.05) is 5.73 Å². The highest BCUT2D eigenvalue weighted by molar-refractivity contribution is 9.10. The lowest BCUT2D eigenvalue weighted by atomic mass is 10.1. The fourth-order valence-electron chi connectivity index (χ4n) is 1.97. The molecule has 20 heavy (non-hydrogen) atoms. The number of aryl methyl sites for hydroxylation is 1. The quantitative estimate of drug-likeness (QED) is 0.731. The van der Waals surface area contributed by atoms with Crippen molar-refractivity contribution in [1.29, 1.82) is 0 Å². The van der Waals surface area contributed by atoms with Gasteiger partial charge in [-0.2, -0.15) is 5.10 Å². The maximum atomic E-state index is 5.81. The van der Waals surface area contributed by atoms with Crippen molar-refractivity contribution in [1.82, 2.24) is 14.8 Å². The summed E-state index contributed by atoms with van der Waals surface area (Å²) >= 11 is 3.45. The van der Waals surface area contributed by atoms with E-state index in [0.717, 1.165) is 32.7 Å². The van der Waals surface area contributed by atoms with E-state index in [4.69, 9.17) is 5.73 Å². The third kappa shape index (κ3) is 2.44. The molecule has 0 aliphatic carbocycles. The Kier molecular flexibility index (Phi) is 3.28. The van der Waals surface area contributed by atoms with Crippen LogP contribution in [-0.2, 0) is 0 Å². The Morgan fingerprint density at radius 2 is 2.00 bits per heavy atom. The standard InChI is InChI=1S/C15H13BrN4/c1-10-5-15(18-8-14(10)16)20-9-12(7-19-20)11-3-2-4-13(17)6-11/h2-9H,17H2,1H3. The zero-order valence-corrected chi connectivity index (χ0v) is 12.5. The highest BCUT2D eigenvalue weighted by Gasteiger charge is 2.06. The third-order valence-corrected chi connectivity index (χ3v) is 3.90. The zero-order chi connectivity index (χ0) is 14.1. The number of hydrogen-bond donors (Lipinski definition) is 1. The lowest BCUT2D eigenvalue weighted by Crippen LogP contribution is -1.98. The van der Waals surface area contributed by atoms with Crippen molar-refractivity contribution in [3.8, 4) is 16.9 Å². The Morgan fingerprint density at radius 3 is 2.75 bits per heavy atom. The van der Waals surface area contributed by atoms with Crippen molar-refractivity contribution in [3.63, 3.8) is 0 Å². The Labute approximate surface area is 125 Å². The third-order valence-electron chi connectivity index (χ3n) is 3.07. The van der Waals surface area contributed by atoms with E-state index in [2.05, 4.69) is 26.0 Å². The van der Waals surface area contributed by atoms with Crippen molar-refractivity contribution >= 4 is 21.6 Å². The minimum Gasteiger partial charge on any atom is -0.399 e. The van der Waals surface area contributed by atoms with Crippen LogP contribution in [0.2, 0.25) is 0 Å². The van der Waals surface area contributed by atoms with Crippen molar-refractivity contribution in [2.45, 2.75) is 6.92 Å². The number of nitrogen functional groups attached to an aromatic ring is 1. The van der Waals surface area contributed by atoms with Gasteiger partial charge in [-0.05, 0) is 52.2 Å². The maximum absolute atomic E-state index is 5.81. The predicted octanol–water partition coefficient (Wildman–Crippen LogP) is 3.59. The lowest BCUT2D eigenvalue weighted by molar-refractivity contribution is 0.844. The summed E-state index contributed by atoms with van der Waals surface area (Å²) < 4.78 is 2.75. The number of hydrogen-bond acceptors (Lipinski definition) is 3. The van der Waals surface area contributed by atoms with Gasteiger partial charge < -0.3 is 5.73 Å². The van der Waals surface area contributed by atoms with Crippen LogP contribution >= 0.6 is 15.9 Å². The highest BCUT2D eigenvalue weighted by Crippen LogP contribution is 2.22. The molecule has 0 bridgehead atoms. The molecule has 0 radical (unpaired) electrons. The minimum absolute atomic E-state index is 0.743. The summed E-state index contributed by atoms with van der Waals surface area (Å²) in [5, 5.41) is 4.36. The summed E-state index contributed by atoms with van der Waals surface area (Å²) in [6.07, 6.45) is 5.55. The van der Waals surface area contributed by atoms with Gasteiger partial charge >= 0.3 is 0 Å². The molecule has 2 N–H and O–H groups in total. The van der Waals surface area contributed by atoms with Crippen LogP contribution in [0.4, 0.5) is 5.69 Å². The first kappa shape index (κ1) is 12.9. The second-order valence-electron chi connectivity index (χ2n) is 4.59. The zero-order valence-electron chi connectivity index (χ0n) is 10.9. The molecule has 2 aromatic heterocycles.